The van der Waals surface area contributed by atoms with Gasteiger partial charge in [0.05, 0.1) is 18.3 Å². The lowest BCUT2D eigenvalue weighted by atomic mass is 9.84. The van der Waals surface area contributed by atoms with Crippen molar-refractivity contribution in [2.45, 2.75) is 225 Å². The van der Waals surface area contributed by atoms with Gasteiger partial charge in [-0.3, -0.25) is 14.6 Å². The summed E-state index contributed by atoms with van der Waals surface area (Å²) in [6, 6.07) is 27.3. The molecule has 5 aromatic rings. The highest BCUT2D eigenvalue weighted by molar-refractivity contribution is 7.19. The number of pyridine rings is 1. The first-order chi connectivity index (χ1) is 34.1. The molecule has 1 fully saturated rings. The molecule has 0 saturated heterocycles. The minimum absolute atomic E-state index is 0.0293. The van der Waals surface area contributed by atoms with Gasteiger partial charge in [-0.15, -0.1) is 11.3 Å². The number of fused-ring (bicyclic) bond motifs is 2. The van der Waals surface area contributed by atoms with E-state index in [0.29, 0.717) is 24.7 Å². The fraction of sp³-hybridized carbons (Fsp3) is 0.597. The Balaban J connectivity index is 1.09. The lowest BCUT2D eigenvalue weighted by molar-refractivity contribution is -0.145. The number of benzene rings is 3. The number of esters is 1. The van der Waals surface area contributed by atoms with Crippen LogP contribution in [0.2, 0.25) is 54.4 Å². The Morgan fingerprint density at radius 3 is 1.89 bits per heavy atom. The van der Waals surface area contributed by atoms with Gasteiger partial charge in [0, 0.05) is 46.1 Å². The summed E-state index contributed by atoms with van der Waals surface area (Å²) in [5.74, 6) is 0.596. The number of carbonyl (C=O) groups is 2. The zero-order valence-electron chi connectivity index (χ0n) is 47.9. The van der Waals surface area contributed by atoms with Crippen LogP contribution in [-0.2, 0) is 40.6 Å². The second-order valence-electron chi connectivity index (χ2n) is 26.0. The normalized spacial score (nSPS) is 19.1. The summed E-state index contributed by atoms with van der Waals surface area (Å²) in [6.07, 6.45) is 13.4. The molecule has 2 unspecified atom stereocenters. The van der Waals surface area contributed by atoms with Gasteiger partial charge < -0.3 is 18.0 Å². The second-order valence-corrected chi connectivity index (χ2v) is 41.4. The molecule has 0 N–H and O–H groups in total. The number of carbonyl (C=O) groups excluding carboxylic acids is 2. The number of ketones is 1. The van der Waals surface area contributed by atoms with Gasteiger partial charge in [-0.05, 0) is 150 Å². The van der Waals surface area contributed by atoms with Crippen molar-refractivity contribution in [2.24, 2.45) is 11.8 Å². The Kier molecular flexibility index (Phi) is 19.7. The number of hydrogen-bond acceptors (Lipinski definition) is 8. The molecule has 3 aromatic carbocycles. The average molecular weight is 1060 g/mol. The first-order valence-electron chi connectivity index (χ1n) is 27.7. The van der Waals surface area contributed by atoms with Crippen LogP contribution < -0.4 is 0 Å². The van der Waals surface area contributed by atoms with E-state index in [1.165, 1.54) is 15.0 Å². The van der Waals surface area contributed by atoms with Crippen molar-refractivity contribution in [3.8, 4) is 0 Å². The molecular formula is C62H93NO6SSi3. The van der Waals surface area contributed by atoms with E-state index < -0.39 is 25.0 Å². The van der Waals surface area contributed by atoms with E-state index in [2.05, 4.69) is 150 Å². The van der Waals surface area contributed by atoms with Crippen molar-refractivity contribution in [1.29, 1.82) is 0 Å². The molecule has 6 rings (SSSR count). The second kappa shape index (κ2) is 24.4. The maximum absolute atomic E-state index is 13.5. The van der Waals surface area contributed by atoms with Crippen molar-refractivity contribution in [1.82, 2.24) is 4.98 Å². The SMILES string of the molecule is CCC(C(=O)Cc1ccc2cnccc2c1)c1ccc(COC(=O)CCCCCCC2[C@@H](O[Si](C)(C)C(C)(C)C)C[C@@H](O[Si](C)(C)C(C)(C)C)[C@@H]2CC[C@@H](O[Si](C)(C)C(C)(C)C)c2cc3ccccc3s2)cc1. The largest absolute Gasteiger partial charge is 0.461 e. The van der Waals surface area contributed by atoms with Gasteiger partial charge in [-0.2, -0.15) is 0 Å². The maximum Gasteiger partial charge on any atom is 0.306 e. The summed E-state index contributed by atoms with van der Waals surface area (Å²) >= 11 is 1.90. The summed E-state index contributed by atoms with van der Waals surface area (Å²) in [7, 11) is -6.33. The molecule has 73 heavy (non-hydrogen) atoms. The van der Waals surface area contributed by atoms with E-state index in [1.807, 2.05) is 60.0 Å². The van der Waals surface area contributed by atoms with E-state index in [1.54, 1.807) is 6.20 Å². The highest BCUT2D eigenvalue weighted by Crippen LogP contribution is 2.51. The van der Waals surface area contributed by atoms with Gasteiger partial charge in [0.25, 0.3) is 0 Å². The minimum Gasteiger partial charge on any atom is -0.461 e. The van der Waals surface area contributed by atoms with Crippen molar-refractivity contribution >= 4 is 68.9 Å². The van der Waals surface area contributed by atoms with Crippen LogP contribution in [0, 0.1) is 11.8 Å². The number of unbranched alkanes of at least 4 members (excludes halogenated alkanes) is 3. The van der Waals surface area contributed by atoms with Crippen LogP contribution in [-0.4, -0.2) is 53.9 Å². The van der Waals surface area contributed by atoms with Crippen molar-refractivity contribution in [3.05, 3.63) is 113 Å². The smallest absolute Gasteiger partial charge is 0.306 e. The van der Waals surface area contributed by atoms with Crippen molar-refractivity contribution in [2.75, 3.05) is 0 Å². The number of hydrogen-bond donors (Lipinski definition) is 0. The third-order valence-corrected chi connectivity index (χ3v) is 32.3. The average Bonchev–Trinajstić information content (AvgIpc) is 3.87. The third kappa shape index (κ3) is 15.4. The van der Waals surface area contributed by atoms with Gasteiger partial charge in [-0.25, -0.2) is 0 Å². The standard InChI is InChI=1S/C62H93NO6SSi3/c1-17-50(53(64)39-45-30-33-49-42-63-37-36-47(49)38-45)46-31-28-44(29-32-46)43-66-59(65)27-21-19-18-20-25-51-52(56(69-73(15,16)62(8,9)10)41-55(51)68-72(13,14)61(5,6)7)34-35-54(67-71(11,12)60(2,3)4)58-40-48-24-22-23-26-57(48)70-58/h22-24,26,28-33,36-38,40,42,50-52,54-56H,17-21,25,27,34-35,39,41,43H2,1-16H3/t50?,51?,52-,54-,55+,56-/m1/s1. The lowest BCUT2D eigenvalue weighted by Crippen LogP contribution is -2.45. The zero-order chi connectivity index (χ0) is 53.6. The molecule has 0 amide bonds. The summed E-state index contributed by atoms with van der Waals surface area (Å²) in [5, 5.41) is 3.76. The van der Waals surface area contributed by atoms with E-state index >= 15 is 0 Å². The van der Waals surface area contributed by atoms with Gasteiger partial charge >= 0.3 is 5.97 Å². The van der Waals surface area contributed by atoms with Crippen LogP contribution in [0.3, 0.4) is 0 Å². The Bertz CT molecular complexity index is 2550. The van der Waals surface area contributed by atoms with E-state index in [9.17, 15) is 9.59 Å². The fourth-order valence-corrected chi connectivity index (χ4v) is 15.2. The molecule has 6 atom stereocenters. The van der Waals surface area contributed by atoms with Crippen LogP contribution >= 0.6 is 11.3 Å². The highest BCUT2D eigenvalue weighted by atomic mass is 32.1. The van der Waals surface area contributed by atoms with Gasteiger partial charge in [0.15, 0.2) is 25.0 Å². The minimum atomic E-state index is -2.12. The predicted octanol–water partition coefficient (Wildman–Crippen LogP) is 18.1. The van der Waals surface area contributed by atoms with Crippen LogP contribution in [0.1, 0.15) is 167 Å². The van der Waals surface area contributed by atoms with Crippen LogP contribution in [0.5, 0.6) is 0 Å². The molecule has 1 aliphatic carbocycles. The predicted molar refractivity (Wildman–Crippen MR) is 315 cm³/mol. The number of thiophene rings is 1. The molecule has 7 nitrogen and oxygen atoms in total. The fourth-order valence-electron chi connectivity index (χ4n) is 9.91. The topological polar surface area (TPSA) is 84.0 Å². The summed E-state index contributed by atoms with van der Waals surface area (Å²) < 4.78 is 29.6. The first-order valence-corrected chi connectivity index (χ1v) is 37.2. The Hall–Kier alpha value is -3.30. The van der Waals surface area contributed by atoms with Crippen LogP contribution in [0.4, 0.5) is 0 Å². The molecule has 0 bridgehead atoms. The molecule has 400 valence electrons. The molecule has 11 heteroatoms. The number of Topliss-reactive ketones (excluding diaryl/α,β-unsaturated/α-hetero) is 1. The monoisotopic (exact) mass is 1060 g/mol. The molecule has 1 saturated carbocycles. The zero-order valence-corrected chi connectivity index (χ0v) is 51.7. The van der Waals surface area contributed by atoms with Crippen molar-refractivity contribution in [3.63, 3.8) is 0 Å². The number of aromatic nitrogens is 1. The number of nitrogens with zero attached hydrogens (tertiary/aromatic N) is 1. The van der Waals surface area contributed by atoms with E-state index in [4.69, 9.17) is 18.0 Å². The maximum atomic E-state index is 13.5. The third-order valence-electron chi connectivity index (χ3n) is 17.6. The summed E-state index contributed by atoms with van der Waals surface area (Å²) in [4.78, 5) is 32.1. The summed E-state index contributed by atoms with van der Waals surface area (Å²) in [5.41, 5.74) is 2.95. The molecule has 0 spiro atoms. The quantitative estimate of drug-likeness (QED) is 0.0346. The number of ether oxygens (including phenoxy) is 1. The van der Waals surface area contributed by atoms with Gasteiger partial charge in [-0.1, -0.05) is 149 Å². The van der Waals surface area contributed by atoms with Gasteiger partial charge in [0.2, 0.25) is 0 Å². The molecule has 0 radical (unpaired) electrons. The molecular weight excluding hydrogens is 971 g/mol. The van der Waals surface area contributed by atoms with Gasteiger partial charge in [0.1, 0.15) is 12.4 Å². The Morgan fingerprint density at radius 1 is 0.671 bits per heavy atom. The van der Waals surface area contributed by atoms with Crippen LogP contribution in [0.25, 0.3) is 20.9 Å². The first kappa shape index (κ1) is 59.0. The Labute approximate surface area is 448 Å². The highest BCUT2D eigenvalue weighted by Gasteiger charge is 2.51. The van der Waals surface area contributed by atoms with E-state index in [0.717, 1.165) is 85.3 Å². The van der Waals surface area contributed by atoms with Crippen LogP contribution in [0.15, 0.2) is 91.3 Å². The lowest BCUT2D eigenvalue weighted by Gasteiger charge is -2.41. The molecule has 0 aliphatic heterocycles. The Morgan fingerprint density at radius 2 is 1.27 bits per heavy atom. The van der Waals surface area contributed by atoms with E-state index in [-0.39, 0.29) is 57.7 Å². The molecule has 2 heterocycles. The molecule has 1 aliphatic rings. The molecule has 2 aromatic heterocycles. The summed E-state index contributed by atoms with van der Waals surface area (Å²) in [6.45, 7) is 38.0. The van der Waals surface area contributed by atoms with Crippen molar-refractivity contribution < 1.29 is 27.6 Å². The number of rotatable bonds is 24.